The number of nitrogens with one attached hydrogen (secondary N) is 1. The Hall–Kier alpha value is -0.910. The predicted octanol–water partition coefficient (Wildman–Crippen LogP) is 1.31. The maximum atomic E-state index is 11.8. The number of hydrogen-bond acceptors (Lipinski definition) is 3. The topological polar surface area (TPSA) is 55.4 Å². The molecule has 0 bridgehead atoms. The molecule has 5 heteroatoms. The standard InChI is InChI=1S/C11H17NO3S/c1-9-4-6-11(7-5-9)16(13,14)12-8-10(2)15-3/h4-7,10,12H,8H2,1-3H3. The van der Waals surface area contributed by atoms with Gasteiger partial charge in [0.25, 0.3) is 0 Å². The largest absolute Gasteiger partial charge is 0.380 e. The van der Waals surface area contributed by atoms with E-state index in [2.05, 4.69) is 4.72 Å². The Kier molecular flexibility index (Phi) is 4.46. The lowest BCUT2D eigenvalue weighted by molar-refractivity contribution is 0.122. The molecular weight excluding hydrogens is 226 g/mol. The highest BCUT2D eigenvalue weighted by atomic mass is 32.2. The Labute approximate surface area is 96.7 Å². The minimum absolute atomic E-state index is 0.139. The number of aryl methyl sites for hydroxylation is 1. The van der Waals surface area contributed by atoms with Crippen molar-refractivity contribution >= 4 is 10.0 Å². The fraction of sp³-hybridized carbons (Fsp3) is 0.455. The van der Waals surface area contributed by atoms with E-state index in [9.17, 15) is 8.42 Å². The van der Waals surface area contributed by atoms with Gasteiger partial charge in [-0.05, 0) is 26.0 Å². The van der Waals surface area contributed by atoms with Gasteiger partial charge in [0, 0.05) is 13.7 Å². The molecule has 0 aliphatic carbocycles. The van der Waals surface area contributed by atoms with Gasteiger partial charge in [0.2, 0.25) is 10.0 Å². The Balaban J connectivity index is 2.74. The maximum absolute atomic E-state index is 11.8. The van der Waals surface area contributed by atoms with Crippen molar-refractivity contribution < 1.29 is 13.2 Å². The molecule has 1 unspecified atom stereocenters. The van der Waals surface area contributed by atoms with Gasteiger partial charge in [0.15, 0.2) is 0 Å². The predicted molar refractivity (Wildman–Crippen MR) is 62.8 cm³/mol. The fourth-order valence-corrected chi connectivity index (χ4v) is 2.23. The van der Waals surface area contributed by atoms with E-state index >= 15 is 0 Å². The zero-order valence-electron chi connectivity index (χ0n) is 9.73. The van der Waals surface area contributed by atoms with E-state index in [0.29, 0.717) is 0 Å². The van der Waals surface area contributed by atoms with Gasteiger partial charge in [-0.1, -0.05) is 17.7 Å². The summed E-state index contributed by atoms with van der Waals surface area (Å²) in [5.74, 6) is 0. The Morgan fingerprint density at radius 2 is 1.88 bits per heavy atom. The van der Waals surface area contributed by atoms with Gasteiger partial charge >= 0.3 is 0 Å². The molecule has 1 atom stereocenters. The first-order valence-electron chi connectivity index (χ1n) is 5.05. The van der Waals surface area contributed by atoms with Crippen molar-refractivity contribution in [1.82, 2.24) is 4.72 Å². The summed E-state index contributed by atoms with van der Waals surface area (Å²) >= 11 is 0. The van der Waals surface area contributed by atoms with Crippen LogP contribution < -0.4 is 4.72 Å². The van der Waals surface area contributed by atoms with Gasteiger partial charge in [-0.2, -0.15) is 0 Å². The van der Waals surface area contributed by atoms with E-state index < -0.39 is 10.0 Å². The van der Waals surface area contributed by atoms with Crippen LogP contribution in [0.15, 0.2) is 29.2 Å². The molecule has 0 saturated heterocycles. The summed E-state index contributed by atoms with van der Waals surface area (Å²) in [5.41, 5.74) is 1.03. The highest BCUT2D eigenvalue weighted by Gasteiger charge is 2.14. The van der Waals surface area contributed by atoms with Crippen LogP contribution in [0, 0.1) is 6.92 Å². The Bertz CT molecular complexity index is 425. The summed E-state index contributed by atoms with van der Waals surface area (Å²) < 4.78 is 31.1. The molecular formula is C11H17NO3S. The third-order valence-corrected chi connectivity index (χ3v) is 3.73. The molecule has 0 spiro atoms. The van der Waals surface area contributed by atoms with Crippen LogP contribution in [0.25, 0.3) is 0 Å². The van der Waals surface area contributed by atoms with E-state index in [1.165, 1.54) is 0 Å². The van der Waals surface area contributed by atoms with Gasteiger partial charge in [-0.25, -0.2) is 13.1 Å². The summed E-state index contributed by atoms with van der Waals surface area (Å²) in [6, 6.07) is 6.73. The maximum Gasteiger partial charge on any atom is 0.240 e. The second kappa shape index (κ2) is 5.43. The molecule has 0 saturated carbocycles. The van der Waals surface area contributed by atoms with E-state index in [4.69, 9.17) is 4.74 Å². The number of hydrogen-bond donors (Lipinski definition) is 1. The van der Waals surface area contributed by atoms with Crippen molar-refractivity contribution in [2.75, 3.05) is 13.7 Å². The molecule has 0 fully saturated rings. The van der Waals surface area contributed by atoms with Crippen LogP contribution in [0.3, 0.4) is 0 Å². The summed E-state index contributed by atoms with van der Waals surface area (Å²) in [7, 11) is -1.87. The summed E-state index contributed by atoms with van der Waals surface area (Å²) in [6.45, 7) is 3.99. The molecule has 1 aromatic carbocycles. The monoisotopic (exact) mass is 243 g/mol. The van der Waals surface area contributed by atoms with Crippen molar-refractivity contribution in [3.63, 3.8) is 0 Å². The molecule has 1 aromatic rings. The lowest BCUT2D eigenvalue weighted by Crippen LogP contribution is -2.31. The molecule has 90 valence electrons. The van der Waals surface area contributed by atoms with Gasteiger partial charge in [0.05, 0.1) is 11.0 Å². The molecule has 0 amide bonds. The Morgan fingerprint density at radius 1 is 1.31 bits per heavy atom. The average Bonchev–Trinajstić information content (AvgIpc) is 2.26. The van der Waals surface area contributed by atoms with Gasteiger partial charge in [0.1, 0.15) is 0 Å². The summed E-state index contributed by atoms with van der Waals surface area (Å²) in [4.78, 5) is 0.279. The minimum atomic E-state index is -3.41. The highest BCUT2D eigenvalue weighted by molar-refractivity contribution is 7.89. The molecule has 4 nitrogen and oxygen atoms in total. The molecule has 0 aliphatic rings. The lowest BCUT2D eigenvalue weighted by Gasteiger charge is -2.11. The first-order valence-corrected chi connectivity index (χ1v) is 6.53. The van der Waals surface area contributed by atoms with Gasteiger partial charge in [-0.3, -0.25) is 0 Å². The summed E-state index contributed by atoms with van der Waals surface area (Å²) in [6.07, 6.45) is -0.139. The van der Waals surface area contributed by atoms with Crippen LogP contribution in [-0.2, 0) is 14.8 Å². The second-order valence-electron chi connectivity index (χ2n) is 3.71. The van der Waals surface area contributed by atoms with E-state index in [1.807, 2.05) is 6.92 Å². The molecule has 1 N–H and O–H groups in total. The molecule has 0 aromatic heterocycles. The van der Waals surface area contributed by atoms with Crippen LogP contribution in [0.1, 0.15) is 12.5 Å². The molecule has 0 radical (unpaired) electrons. The molecule has 1 rings (SSSR count). The number of methoxy groups -OCH3 is 1. The van der Waals surface area contributed by atoms with Crippen LogP contribution in [0.4, 0.5) is 0 Å². The second-order valence-corrected chi connectivity index (χ2v) is 5.48. The average molecular weight is 243 g/mol. The molecule has 0 heterocycles. The van der Waals surface area contributed by atoms with Crippen LogP contribution in [-0.4, -0.2) is 28.2 Å². The SMILES string of the molecule is COC(C)CNS(=O)(=O)c1ccc(C)cc1. The first-order chi connectivity index (χ1) is 7.45. The number of sulfonamides is 1. The third-order valence-electron chi connectivity index (χ3n) is 2.29. The molecule has 16 heavy (non-hydrogen) atoms. The first kappa shape index (κ1) is 13.2. The zero-order chi connectivity index (χ0) is 12.2. The number of benzene rings is 1. The van der Waals surface area contributed by atoms with E-state index in [1.54, 1.807) is 38.3 Å². The van der Waals surface area contributed by atoms with Crippen LogP contribution in [0.5, 0.6) is 0 Å². The number of ether oxygens (including phenoxy) is 1. The molecule has 0 aliphatic heterocycles. The minimum Gasteiger partial charge on any atom is -0.380 e. The summed E-state index contributed by atoms with van der Waals surface area (Å²) in [5, 5.41) is 0. The van der Waals surface area contributed by atoms with Crippen LogP contribution in [0.2, 0.25) is 0 Å². The van der Waals surface area contributed by atoms with E-state index in [-0.39, 0.29) is 17.5 Å². The Morgan fingerprint density at radius 3 is 2.38 bits per heavy atom. The fourth-order valence-electron chi connectivity index (χ4n) is 1.11. The quantitative estimate of drug-likeness (QED) is 0.848. The lowest BCUT2D eigenvalue weighted by atomic mass is 10.2. The van der Waals surface area contributed by atoms with Crippen molar-refractivity contribution in [2.24, 2.45) is 0 Å². The van der Waals surface area contributed by atoms with Crippen molar-refractivity contribution in [3.8, 4) is 0 Å². The van der Waals surface area contributed by atoms with E-state index in [0.717, 1.165) is 5.56 Å². The third kappa shape index (κ3) is 3.59. The number of rotatable bonds is 5. The smallest absolute Gasteiger partial charge is 0.240 e. The van der Waals surface area contributed by atoms with Crippen molar-refractivity contribution in [2.45, 2.75) is 24.8 Å². The van der Waals surface area contributed by atoms with Crippen molar-refractivity contribution in [3.05, 3.63) is 29.8 Å². The van der Waals surface area contributed by atoms with Gasteiger partial charge in [-0.15, -0.1) is 0 Å². The van der Waals surface area contributed by atoms with Crippen LogP contribution >= 0.6 is 0 Å². The normalized spacial score (nSPS) is 13.7. The van der Waals surface area contributed by atoms with Crippen molar-refractivity contribution in [1.29, 1.82) is 0 Å². The van der Waals surface area contributed by atoms with Gasteiger partial charge < -0.3 is 4.74 Å². The highest BCUT2D eigenvalue weighted by Crippen LogP contribution is 2.09. The zero-order valence-corrected chi connectivity index (χ0v) is 10.5.